The number of aromatic nitrogens is 4. The van der Waals surface area contributed by atoms with Crippen molar-refractivity contribution < 1.29 is 18.4 Å². The number of halogens is 2. The number of nitrogens with zero attached hydrogens (tertiary/aromatic N) is 5. The smallest absolute Gasteiger partial charge is 0.246 e. The lowest BCUT2D eigenvalue weighted by atomic mass is 10.0. The summed E-state index contributed by atoms with van der Waals surface area (Å²) < 4.78 is 29.2. The Hall–Kier alpha value is -4.47. The SMILES string of the molecule is C=CC(=O)N1CCC[C@@H](n2nc(-c3ccc(CCC(=O)c4cccc(F)c4F)cc3)c3c(N)ncnc32)C1. The Labute approximate surface area is 217 Å². The highest BCUT2D eigenvalue weighted by Gasteiger charge is 2.28. The van der Waals surface area contributed by atoms with Gasteiger partial charge in [-0.25, -0.2) is 23.4 Å². The summed E-state index contributed by atoms with van der Waals surface area (Å²) in [5.41, 5.74) is 8.86. The van der Waals surface area contributed by atoms with E-state index in [4.69, 9.17) is 10.8 Å². The molecule has 1 aliphatic rings. The number of nitrogens with two attached hydrogens (primary N) is 1. The number of rotatable bonds is 7. The zero-order chi connectivity index (χ0) is 26.8. The Morgan fingerprint density at radius 1 is 1.13 bits per heavy atom. The van der Waals surface area contributed by atoms with Crippen LogP contribution in [0.25, 0.3) is 22.3 Å². The molecule has 0 radical (unpaired) electrons. The molecule has 1 aliphatic heterocycles. The van der Waals surface area contributed by atoms with Crippen LogP contribution in [0.4, 0.5) is 14.6 Å². The van der Waals surface area contributed by atoms with Crippen LogP contribution in [0.1, 0.15) is 41.2 Å². The molecule has 10 heteroatoms. The van der Waals surface area contributed by atoms with Gasteiger partial charge in [0.25, 0.3) is 0 Å². The van der Waals surface area contributed by atoms with Crippen LogP contribution >= 0.6 is 0 Å². The minimum atomic E-state index is -1.12. The summed E-state index contributed by atoms with van der Waals surface area (Å²) >= 11 is 0. The van der Waals surface area contributed by atoms with Crippen LogP contribution in [0.3, 0.4) is 0 Å². The van der Waals surface area contributed by atoms with Gasteiger partial charge in [-0.1, -0.05) is 36.9 Å². The standard InChI is InChI=1S/C28H26F2N6O2/c1-2-23(38)35-14-4-5-19(15-35)36-28-24(27(31)32-16-33-28)26(34-36)18-11-8-17(9-12-18)10-13-22(37)20-6-3-7-21(29)25(20)30/h2-3,6-9,11-12,16,19H,1,4-5,10,13-15H2,(H2,31,32,33)/t19-/m1/s1. The number of Topliss-reactive ketones (excluding diaryl/α,β-unsaturated/α-hetero) is 1. The van der Waals surface area contributed by atoms with Gasteiger partial charge in [0.1, 0.15) is 17.8 Å². The Morgan fingerprint density at radius 3 is 2.68 bits per heavy atom. The van der Waals surface area contributed by atoms with E-state index in [0.29, 0.717) is 42.1 Å². The van der Waals surface area contributed by atoms with Gasteiger partial charge >= 0.3 is 0 Å². The van der Waals surface area contributed by atoms with Crippen LogP contribution in [0.15, 0.2) is 61.4 Å². The molecule has 1 amide bonds. The zero-order valence-electron chi connectivity index (χ0n) is 20.6. The first-order chi connectivity index (χ1) is 18.4. The van der Waals surface area contributed by atoms with Crippen LogP contribution in [-0.4, -0.2) is 49.4 Å². The lowest BCUT2D eigenvalue weighted by molar-refractivity contribution is -0.127. The average molecular weight is 517 g/mol. The number of hydrogen-bond acceptors (Lipinski definition) is 6. The normalized spacial score (nSPS) is 15.5. The lowest BCUT2D eigenvalue weighted by Gasteiger charge is -2.32. The molecule has 4 aromatic rings. The monoisotopic (exact) mass is 516 g/mol. The number of anilines is 1. The van der Waals surface area contributed by atoms with Gasteiger partial charge in [0.2, 0.25) is 5.91 Å². The van der Waals surface area contributed by atoms with E-state index in [0.717, 1.165) is 30.0 Å². The summed E-state index contributed by atoms with van der Waals surface area (Å²) in [6, 6.07) is 11.0. The third kappa shape index (κ3) is 4.77. The number of hydrogen-bond donors (Lipinski definition) is 1. The summed E-state index contributed by atoms with van der Waals surface area (Å²) in [6.45, 7) is 4.75. The number of aryl methyl sites for hydroxylation is 1. The first-order valence-electron chi connectivity index (χ1n) is 12.3. The van der Waals surface area contributed by atoms with E-state index >= 15 is 0 Å². The molecule has 5 rings (SSSR count). The van der Waals surface area contributed by atoms with Gasteiger partial charge in [-0.15, -0.1) is 0 Å². The van der Waals surface area contributed by atoms with Crippen molar-refractivity contribution in [3.8, 4) is 11.3 Å². The average Bonchev–Trinajstić information content (AvgIpc) is 3.34. The molecule has 2 N–H and O–H groups in total. The molecule has 8 nitrogen and oxygen atoms in total. The molecular formula is C28H26F2N6O2. The molecule has 0 bridgehead atoms. The summed E-state index contributed by atoms with van der Waals surface area (Å²) in [7, 11) is 0. The van der Waals surface area contributed by atoms with E-state index in [1.54, 1.807) is 4.90 Å². The van der Waals surface area contributed by atoms with E-state index in [1.807, 2.05) is 28.9 Å². The summed E-state index contributed by atoms with van der Waals surface area (Å²) in [5.74, 6) is -2.43. The number of ketones is 1. The summed E-state index contributed by atoms with van der Waals surface area (Å²) in [4.78, 5) is 35.0. The highest BCUT2D eigenvalue weighted by Crippen LogP contribution is 2.34. The fraction of sp³-hybridized carbons (Fsp3) is 0.250. The quantitative estimate of drug-likeness (QED) is 0.286. The predicted octanol–water partition coefficient (Wildman–Crippen LogP) is 4.52. The maximum atomic E-state index is 13.9. The second kappa shape index (κ2) is 10.5. The predicted molar refractivity (Wildman–Crippen MR) is 139 cm³/mol. The van der Waals surface area contributed by atoms with Crippen molar-refractivity contribution >= 4 is 28.5 Å². The largest absolute Gasteiger partial charge is 0.383 e. The van der Waals surface area contributed by atoms with E-state index in [1.165, 1.54) is 24.5 Å². The minimum Gasteiger partial charge on any atom is -0.383 e. The van der Waals surface area contributed by atoms with Crippen molar-refractivity contribution in [2.75, 3.05) is 18.8 Å². The fourth-order valence-electron chi connectivity index (χ4n) is 4.88. The molecule has 0 aliphatic carbocycles. The molecule has 2 aromatic carbocycles. The fourth-order valence-corrected chi connectivity index (χ4v) is 4.88. The van der Waals surface area contributed by atoms with Crippen molar-refractivity contribution in [1.29, 1.82) is 0 Å². The summed E-state index contributed by atoms with van der Waals surface area (Å²) in [5, 5.41) is 5.49. The number of benzene rings is 2. The molecule has 0 spiro atoms. The summed E-state index contributed by atoms with van der Waals surface area (Å²) in [6.07, 6.45) is 4.79. The second-order valence-corrected chi connectivity index (χ2v) is 9.26. The molecule has 1 saturated heterocycles. The van der Waals surface area contributed by atoms with E-state index in [2.05, 4.69) is 16.5 Å². The van der Waals surface area contributed by atoms with Gasteiger partial charge in [0.05, 0.1) is 17.0 Å². The molecule has 0 unspecified atom stereocenters. The maximum Gasteiger partial charge on any atom is 0.246 e. The van der Waals surface area contributed by atoms with Crippen LogP contribution in [0.2, 0.25) is 0 Å². The first kappa shape index (κ1) is 25.2. The molecule has 0 saturated carbocycles. The molecule has 1 fully saturated rings. The number of carbonyl (C=O) groups is 2. The van der Waals surface area contributed by atoms with Gasteiger partial charge in [-0.2, -0.15) is 5.10 Å². The van der Waals surface area contributed by atoms with Crippen LogP contribution < -0.4 is 5.73 Å². The highest BCUT2D eigenvalue weighted by molar-refractivity contribution is 5.98. The number of nitrogen functional groups attached to an aromatic ring is 1. The Morgan fingerprint density at radius 2 is 1.92 bits per heavy atom. The van der Waals surface area contributed by atoms with Crippen molar-refractivity contribution in [3.05, 3.63) is 84.2 Å². The number of amides is 1. The van der Waals surface area contributed by atoms with Gasteiger partial charge in [-0.3, -0.25) is 9.59 Å². The zero-order valence-corrected chi connectivity index (χ0v) is 20.6. The van der Waals surface area contributed by atoms with Crippen LogP contribution in [-0.2, 0) is 11.2 Å². The third-order valence-electron chi connectivity index (χ3n) is 6.87. The molecule has 194 valence electrons. The van der Waals surface area contributed by atoms with Crippen molar-refractivity contribution in [2.24, 2.45) is 0 Å². The van der Waals surface area contributed by atoms with Gasteiger partial charge in [0, 0.05) is 25.1 Å². The molecule has 38 heavy (non-hydrogen) atoms. The van der Waals surface area contributed by atoms with Crippen molar-refractivity contribution in [2.45, 2.75) is 31.7 Å². The highest BCUT2D eigenvalue weighted by atomic mass is 19.2. The maximum absolute atomic E-state index is 13.9. The van der Waals surface area contributed by atoms with E-state index < -0.39 is 17.4 Å². The third-order valence-corrected chi connectivity index (χ3v) is 6.87. The number of likely N-dealkylation sites (tertiary alicyclic amines) is 1. The van der Waals surface area contributed by atoms with Crippen molar-refractivity contribution in [3.63, 3.8) is 0 Å². The second-order valence-electron chi connectivity index (χ2n) is 9.26. The number of carbonyl (C=O) groups excluding carboxylic acids is 2. The van der Waals surface area contributed by atoms with Crippen LogP contribution in [0, 0.1) is 11.6 Å². The molecular weight excluding hydrogens is 490 g/mol. The first-order valence-corrected chi connectivity index (χ1v) is 12.3. The Kier molecular flexibility index (Phi) is 6.95. The van der Waals surface area contributed by atoms with E-state index in [-0.39, 0.29) is 23.9 Å². The number of fused-ring (bicyclic) bond motifs is 1. The van der Waals surface area contributed by atoms with Gasteiger partial charge in [-0.05, 0) is 43.0 Å². The molecule has 2 aromatic heterocycles. The Balaban J connectivity index is 1.39. The minimum absolute atomic E-state index is 0.0413. The van der Waals surface area contributed by atoms with Crippen molar-refractivity contribution in [1.82, 2.24) is 24.6 Å². The van der Waals surface area contributed by atoms with E-state index in [9.17, 15) is 18.4 Å². The number of piperidine rings is 1. The van der Waals surface area contributed by atoms with Crippen LogP contribution in [0.5, 0.6) is 0 Å². The topological polar surface area (TPSA) is 107 Å². The lowest BCUT2D eigenvalue weighted by Crippen LogP contribution is -2.40. The van der Waals surface area contributed by atoms with Gasteiger partial charge < -0.3 is 10.6 Å². The molecule has 3 heterocycles. The molecule has 1 atom stereocenters. The Bertz CT molecular complexity index is 1530. The van der Waals surface area contributed by atoms with Gasteiger partial charge in [0.15, 0.2) is 23.1 Å².